The maximum absolute atomic E-state index is 12.7. The molecule has 1 aliphatic heterocycles. The number of carbonyl (C=O) groups is 2. The number of hydrogen-bond donors (Lipinski definition) is 2. The Bertz CT molecular complexity index is 732. The summed E-state index contributed by atoms with van der Waals surface area (Å²) in [4.78, 5) is 26.4. The lowest BCUT2D eigenvalue weighted by molar-refractivity contribution is -0.145. The van der Waals surface area contributed by atoms with Gasteiger partial charge in [-0.25, -0.2) is 4.79 Å². The van der Waals surface area contributed by atoms with Crippen molar-refractivity contribution < 1.29 is 19.4 Å². The van der Waals surface area contributed by atoms with Gasteiger partial charge in [0.2, 0.25) is 0 Å². The number of hydrogen-bond acceptors (Lipinski definition) is 4. The lowest BCUT2D eigenvalue weighted by Crippen LogP contribution is -2.51. The number of ether oxygens (including phenoxy) is 1. The number of carboxylic acid groups (broad SMARTS) is 1. The Labute approximate surface area is 144 Å². The van der Waals surface area contributed by atoms with E-state index >= 15 is 0 Å². The smallest absolute Gasteiger partial charge is 0.334 e. The van der Waals surface area contributed by atoms with E-state index in [-0.39, 0.29) is 12.3 Å². The van der Waals surface area contributed by atoms with Crippen LogP contribution in [0.3, 0.4) is 0 Å². The number of fused-ring (bicyclic) bond motifs is 1. The zero-order valence-corrected chi connectivity index (χ0v) is 14.2. The molecule has 2 N–H and O–H groups in total. The summed E-state index contributed by atoms with van der Waals surface area (Å²) in [5, 5.41) is 12.6. The highest BCUT2D eigenvalue weighted by Crippen LogP contribution is 2.30. The van der Waals surface area contributed by atoms with Crippen molar-refractivity contribution in [2.75, 3.05) is 6.61 Å². The molecule has 2 heterocycles. The first-order chi connectivity index (χ1) is 11.6. The number of aliphatic carboxylic acids is 1. The van der Waals surface area contributed by atoms with Gasteiger partial charge in [-0.3, -0.25) is 4.79 Å². The van der Waals surface area contributed by atoms with Gasteiger partial charge in [0.25, 0.3) is 5.91 Å². The van der Waals surface area contributed by atoms with Crippen LogP contribution in [0.5, 0.6) is 0 Å². The number of amides is 1. The molecule has 1 aromatic heterocycles. The summed E-state index contributed by atoms with van der Waals surface area (Å²) >= 11 is 1.42. The Morgan fingerprint density at radius 1 is 1.33 bits per heavy atom. The van der Waals surface area contributed by atoms with Crippen molar-refractivity contribution in [2.45, 2.75) is 31.9 Å². The van der Waals surface area contributed by atoms with Crippen LogP contribution in [0.15, 0.2) is 36.4 Å². The Kier molecular flexibility index (Phi) is 4.69. The minimum absolute atomic E-state index is 0.256. The molecule has 0 aliphatic carbocycles. The third kappa shape index (κ3) is 2.95. The van der Waals surface area contributed by atoms with Gasteiger partial charge < -0.3 is 15.2 Å². The first-order valence-corrected chi connectivity index (χ1v) is 8.69. The first-order valence-electron chi connectivity index (χ1n) is 7.87. The molecule has 1 amide bonds. The number of carbonyl (C=O) groups excluding carboxylic acids is 1. The predicted octanol–water partition coefficient (Wildman–Crippen LogP) is 2.94. The van der Waals surface area contributed by atoms with Gasteiger partial charge in [-0.15, -0.1) is 11.3 Å². The average molecular weight is 345 g/mol. The second-order valence-corrected chi connectivity index (χ2v) is 6.88. The third-order valence-electron chi connectivity index (χ3n) is 4.34. The van der Waals surface area contributed by atoms with E-state index in [0.29, 0.717) is 23.7 Å². The Morgan fingerprint density at radius 2 is 2.08 bits per heavy atom. The molecule has 5 nitrogen and oxygen atoms in total. The summed E-state index contributed by atoms with van der Waals surface area (Å²) in [6.45, 7) is 2.93. The second-order valence-electron chi connectivity index (χ2n) is 5.75. The Morgan fingerprint density at radius 3 is 2.71 bits per heavy atom. The lowest BCUT2D eigenvalue weighted by atomic mass is 9.87. The molecule has 126 valence electrons. The molecule has 0 saturated carbocycles. The SMILES string of the molecule is CCC(NC(=O)c1cc2c(s1)CCOC2)(C(=O)O)c1ccccc1. The normalized spacial score (nSPS) is 16.0. The highest BCUT2D eigenvalue weighted by Gasteiger charge is 2.40. The highest BCUT2D eigenvalue weighted by atomic mass is 32.1. The van der Waals surface area contributed by atoms with Crippen molar-refractivity contribution in [2.24, 2.45) is 0 Å². The summed E-state index contributed by atoms with van der Waals surface area (Å²) in [6.07, 6.45) is 1.05. The lowest BCUT2D eigenvalue weighted by Gasteiger charge is -2.29. The molecule has 1 unspecified atom stereocenters. The molecule has 0 bridgehead atoms. The summed E-state index contributed by atoms with van der Waals surface area (Å²) in [5.41, 5.74) is 0.158. The van der Waals surface area contributed by atoms with Crippen molar-refractivity contribution in [3.8, 4) is 0 Å². The molecular formula is C18H19NO4S. The molecular weight excluding hydrogens is 326 g/mol. The van der Waals surface area contributed by atoms with Crippen molar-refractivity contribution in [1.29, 1.82) is 0 Å². The quantitative estimate of drug-likeness (QED) is 0.874. The van der Waals surface area contributed by atoms with E-state index in [4.69, 9.17) is 4.74 Å². The van der Waals surface area contributed by atoms with Crippen LogP contribution in [0.4, 0.5) is 0 Å². The number of carboxylic acids is 1. The van der Waals surface area contributed by atoms with Crippen molar-refractivity contribution in [3.63, 3.8) is 0 Å². The van der Waals surface area contributed by atoms with Crippen LogP contribution >= 0.6 is 11.3 Å². The zero-order valence-electron chi connectivity index (χ0n) is 13.4. The predicted molar refractivity (Wildman–Crippen MR) is 91.2 cm³/mol. The molecule has 1 aromatic carbocycles. The van der Waals surface area contributed by atoms with Gasteiger partial charge in [0, 0.05) is 11.3 Å². The van der Waals surface area contributed by atoms with Crippen molar-refractivity contribution in [1.82, 2.24) is 5.32 Å². The average Bonchev–Trinajstić information content (AvgIpc) is 3.04. The molecule has 2 aromatic rings. The molecule has 3 rings (SSSR count). The number of rotatable bonds is 5. The van der Waals surface area contributed by atoms with Crippen LogP contribution in [0.25, 0.3) is 0 Å². The molecule has 24 heavy (non-hydrogen) atoms. The van der Waals surface area contributed by atoms with E-state index in [9.17, 15) is 14.7 Å². The van der Waals surface area contributed by atoms with Crippen molar-refractivity contribution in [3.05, 3.63) is 57.3 Å². The third-order valence-corrected chi connectivity index (χ3v) is 5.58. The van der Waals surface area contributed by atoms with Gasteiger partial charge in [-0.1, -0.05) is 37.3 Å². The topological polar surface area (TPSA) is 75.6 Å². The summed E-state index contributed by atoms with van der Waals surface area (Å²) in [5.74, 6) is -1.42. The standard InChI is InChI=1S/C18H19NO4S/c1-2-18(17(21)22,13-6-4-3-5-7-13)19-16(20)15-10-12-11-23-9-8-14(12)24-15/h3-7,10H,2,8-9,11H2,1H3,(H,19,20)(H,21,22). The van der Waals surface area contributed by atoms with Gasteiger partial charge >= 0.3 is 5.97 Å². The maximum atomic E-state index is 12.7. The van der Waals surface area contributed by atoms with Crippen LogP contribution in [-0.2, 0) is 28.1 Å². The Hall–Kier alpha value is -2.18. The summed E-state index contributed by atoms with van der Waals surface area (Å²) in [6, 6.07) is 10.6. The van der Waals surface area contributed by atoms with Gasteiger partial charge in [-0.05, 0) is 23.6 Å². The largest absolute Gasteiger partial charge is 0.479 e. The van der Waals surface area contributed by atoms with E-state index in [1.165, 1.54) is 11.3 Å². The summed E-state index contributed by atoms with van der Waals surface area (Å²) in [7, 11) is 0. The van der Waals surface area contributed by atoms with E-state index in [2.05, 4.69) is 5.32 Å². The Balaban J connectivity index is 1.91. The van der Waals surface area contributed by atoms with E-state index in [1.807, 2.05) is 12.1 Å². The van der Waals surface area contributed by atoms with Crippen LogP contribution in [-0.4, -0.2) is 23.6 Å². The van der Waals surface area contributed by atoms with Gasteiger partial charge in [-0.2, -0.15) is 0 Å². The molecule has 1 atom stereocenters. The molecule has 0 fully saturated rings. The summed E-state index contributed by atoms with van der Waals surface area (Å²) < 4.78 is 5.40. The number of nitrogens with one attached hydrogen (secondary N) is 1. The van der Waals surface area contributed by atoms with Crippen LogP contribution < -0.4 is 5.32 Å². The fourth-order valence-corrected chi connectivity index (χ4v) is 3.97. The van der Waals surface area contributed by atoms with Gasteiger partial charge in [0.05, 0.1) is 18.1 Å². The minimum Gasteiger partial charge on any atom is -0.479 e. The molecule has 0 saturated heterocycles. The zero-order chi connectivity index (χ0) is 17.2. The molecule has 0 radical (unpaired) electrons. The fraction of sp³-hybridized carbons (Fsp3) is 0.333. The second kappa shape index (κ2) is 6.75. The van der Waals surface area contributed by atoms with Crippen LogP contribution in [0.1, 0.15) is 39.0 Å². The number of thiophene rings is 1. The van der Waals surface area contributed by atoms with E-state index < -0.39 is 11.5 Å². The highest BCUT2D eigenvalue weighted by molar-refractivity contribution is 7.14. The molecule has 6 heteroatoms. The van der Waals surface area contributed by atoms with Crippen LogP contribution in [0, 0.1) is 0 Å². The monoisotopic (exact) mass is 345 g/mol. The fourth-order valence-electron chi connectivity index (χ4n) is 2.93. The molecule has 0 spiro atoms. The van der Waals surface area contributed by atoms with Gasteiger partial charge in [0.1, 0.15) is 0 Å². The van der Waals surface area contributed by atoms with E-state index in [1.54, 1.807) is 31.2 Å². The van der Waals surface area contributed by atoms with Crippen molar-refractivity contribution >= 4 is 23.2 Å². The maximum Gasteiger partial charge on any atom is 0.334 e. The van der Waals surface area contributed by atoms with E-state index in [0.717, 1.165) is 16.9 Å². The first kappa shape index (κ1) is 16.7. The minimum atomic E-state index is -1.43. The molecule has 1 aliphatic rings. The number of benzene rings is 1. The van der Waals surface area contributed by atoms with Gasteiger partial charge in [0.15, 0.2) is 5.54 Å². The van der Waals surface area contributed by atoms with Crippen LogP contribution in [0.2, 0.25) is 0 Å².